The van der Waals surface area contributed by atoms with Gasteiger partial charge < -0.3 is 10.2 Å². The zero-order valence-electron chi connectivity index (χ0n) is 14.2. The van der Waals surface area contributed by atoms with Crippen LogP contribution in [0.4, 0.5) is 0 Å². The molecule has 5 nitrogen and oxygen atoms in total. The van der Waals surface area contributed by atoms with Gasteiger partial charge in [-0.3, -0.25) is 9.59 Å². The van der Waals surface area contributed by atoms with Gasteiger partial charge in [-0.25, -0.2) is 4.98 Å². The summed E-state index contributed by atoms with van der Waals surface area (Å²) in [6, 6.07) is 0.353. The first kappa shape index (κ1) is 17.4. The molecule has 1 saturated carbocycles. The van der Waals surface area contributed by atoms with Crippen molar-refractivity contribution >= 4 is 23.2 Å². The second kappa shape index (κ2) is 8.60. The van der Waals surface area contributed by atoms with Gasteiger partial charge in [0.1, 0.15) is 0 Å². The molecule has 1 aromatic rings. The molecule has 6 heteroatoms. The summed E-state index contributed by atoms with van der Waals surface area (Å²) in [6.45, 7) is 1.23. The third-order valence-electron chi connectivity index (χ3n) is 5.20. The number of rotatable bonds is 5. The van der Waals surface area contributed by atoms with E-state index in [9.17, 15) is 9.59 Å². The molecule has 0 radical (unpaired) electrons. The van der Waals surface area contributed by atoms with Crippen LogP contribution in [0.1, 0.15) is 56.4 Å². The summed E-state index contributed by atoms with van der Waals surface area (Å²) in [4.78, 5) is 31.0. The summed E-state index contributed by atoms with van der Waals surface area (Å²) < 4.78 is 0. The Balaban J connectivity index is 1.50. The van der Waals surface area contributed by atoms with Crippen LogP contribution < -0.4 is 5.32 Å². The summed E-state index contributed by atoms with van der Waals surface area (Å²) in [5.74, 6) is 0.286. The van der Waals surface area contributed by atoms with Crippen LogP contribution in [0.5, 0.6) is 0 Å². The van der Waals surface area contributed by atoms with Crippen molar-refractivity contribution in [2.75, 3.05) is 13.1 Å². The van der Waals surface area contributed by atoms with Gasteiger partial charge in [-0.15, -0.1) is 11.3 Å². The van der Waals surface area contributed by atoms with Crippen molar-refractivity contribution < 1.29 is 9.59 Å². The maximum absolute atomic E-state index is 12.5. The van der Waals surface area contributed by atoms with Crippen molar-refractivity contribution in [3.8, 4) is 0 Å². The Morgan fingerprint density at radius 3 is 2.75 bits per heavy atom. The first-order chi connectivity index (χ1) is 11.7. The highest BCUT2D eigenvalue weighted by atomic mass is 32.1. The van der Waals surface area contributed by atoms with Gasteiger partial charge in [-0.05, 0) is 19.3 Å². The molecule has 2 aliphatic rings. The summed E-state index contributed by atoms with van der Waals surface area (Å²) in [5, 5.41) is 6.03. The van der Waals surface area contributed by atoms with Crippen molar-refractivity contribution in [2.24, 2.45) is 5.92 Å². The fraction of sp³-hybridized carbons (Fsp3) is 0.722. The molecular weight excluding hydrogens is 322 g/mol. The number of carbonyl (C=O) groups excluding carboxylic acids is 2. The standard InChI is InChI=1S/C18H27N3O2S/c22-17-8-7-14(13-21(17)15-5-3-1-2-4-6-15)18(23)20-10-9-16-19-11-12-24-16/h11-12,14-15H,1-10,13H2,(H,20,23)/t14-/m1/s1. The Bertz CT molecular complexity index is 538. The Morgan fingerprint density at radius 2 is 2.04 bits per heavy atom. The third-order valence-corrected chi connectivity index (χ3v) is 6.04. The minimum atomic E-state index is -0.0535. The van der Waals surface area contributed by atoms with Crippen molar-refractivity contribution in [3.63, 3.8) is 0 Å². The van der Waals surface area contributed by atoms with E-state index < -0.39 is 0 Å². The number of amides is 2. The molecule has 2 heterocycles. The van der Waals surface area contributed by atoms with Crippen LogP contribution in [0.25, 0.3) is 0 Å². The number of nitrogens with zero attached hydrogens (tertiary/aromatic N) is 2. The van der Waals surface area contributed by atoms with Crippen LogP contribution in [0.3, 0.4) is 0 Å². The van der Waals surface area contributed by atoms with E-state index in [0.717, 1.165) is 24.3 Å². The zero-order valence-corrected chi connectivity index (χ0v) is 15.0. The lowest BCUT2D eigenvalue weighted by atomic mass is 9.93. The summed E-state index contributed by atoms with van der Waals surface area (Å²) in [7, 11) is 0. The normalized spacial score (nSPS) is 23.1. The Kier molecular flexibility index (Phi) is 6.24. The van der Waals surface area contributed by atoms with Crippen molar-refractivity contribution in [1.82, 2.24) is 15.2 Å². The third kappa shape index (κ3) is 4.56. The lowest BCUT2D eigenvalue weighted by Gasteiger charge is -2.37. The Hall–Kier alpha value is -1.43. The maximum Gasteiger partial charge on any atom is 0.224 e. The highest BCUT2D eigenvalue weighted by molar-refractivity contribution is 7.09. The van der Waals surface area contributed by atoms with Crippen LogP contribution in [-0.2, 0) is 16.0 Å². The molecule has 24 heavy (non-hydrogen) atoms. The van der Waals surface area contributed by atoms with E-state index in [1.165, 1.54) is 25.7 Å². The molecule has 1 N–H and O–H groups in total. The van der Waals surface area contributed by atoms with Crippen molar-refractivity contribution in [2.45, 2.75) is 63.8 Å². The first-order valence-corrected chi connectivity index (χ1v) is 10.1. The lowest BCUT2D eigenvalue weighted by Crippen LogP contribution is -2.50. The molecule has 1 aliphatic heterocycles. The van der Waals surface area contributed by atoms with E-state index in [1.807, 2.05) is 10.3 Å². The molecule has 0 aromatic carbocycles. The monoisotopic (exact) mass is 349 g/mol. The highest BCUT2D eigenvalue weighted by Crippen LogP contribution is 2.27. The smallest absolute Gasteiger partial charge is 0.224 e. The molecule has 1 saturated heterocycles. The largest absolute Gasteiger partial charge is 0.355 e. The number of likely N-dealkylation sites (tertiary alicyclic amines) is 1. The minimum Gasteiger partial charge on any atom is -0.355 e. The number of hydrogen-bond donors (Lipinski definition) is 1. The van der Waals surface area contributed by atoms with Gasteiger partial charge in [-0.2, -0.15) is 0 Å². The Morgan fingerprint density at radius 1 is 1.25 bits per heavy atom. The maximum atomic E-state index is 12.5. The van der Waals surface area contributed by atoms with Crippen LogP contribution >= 0.6 is 11.3 Å². The minimum absolute atomic E-state index is 0.0535. The average molecular weight is 350 g/mol. The van der Waals surface area contributed by atoms with Gasteiger partial charge in [0, 0.05) is 43.5 Å². The lowest BCUT2D eigenvalue weighted by molar-refractivity contribution is -0.141. The van der Waals surface area contributed by atoms with Gasteiger partial charge in [0.25, 0.3) is 0 Å². The topological polar surface area (TPSA) is 62.3 Å². The quantitative estimate of drug-likeness (QED) is 0.832. The molecular formula is C18H27N3O2S. The first-order valence-electron chi connectivity index (χ1n) is 9.19. The van der Waals surface area contributed by atoms with Gasteiger partial charge in [-0.1, -0.05) is 25.7 Å². The Labute approximate surface area is 147 Å². The molecule has 1 aromatic heterocycles. The molecule has 1 aliphatic carbocycles. The molecule has 0 spiro atoms. The second-order valence-electron chi connectivity index (χ2n) is 6.89. The van der Waals surface area contributed by atoms with Crippen LogP contribution in [0.2, 0.25) is 0 Å². The summed E-state index contributed by atoms with van der Waals surface area (Å²) in [5.41, 5.74) is 0. The molecule has 3 rings (SSSR count). The van der Waals surface area contributed by atoms with Crippen LogP contribution in [0, 0.1) is 5.92 Å². The number of thiazole rings is 1. The molecule has 2 fully saturated rings. The number of aromatic nitrogens is 1. The van der Waals surface area contributed by atoms with Crippen LogP contribution in [-0.4, -0.2) is 40.8 Å². The van der Waals surface area contributed by atoms with Crippen LogP contribution in [0.15, 0.2) is 11.6 Å². The number of hydrogen-bond acceptors (Lipinski definition) is 4. The SMILES string of the molecule is O=C(NCCc1nccs1)[C@@H]1CCC(=O)N(C2CCCCCC2)C1. The van der Waals surface area contributed by atoms with E-state index in [0.29, 0.717) is 32.0 Å². The van der Waals surface area contributed by atoms with E-state index in [4.69, 9.17) is 0 Å². The fourth-order valence-electron chi connectivity index (χ4n) is 3.82. The number of nitrogens with one attached hydrogen (secondary N) is 1. The molecule has 2 amide bonds. The second-order valence-corrected chi connectivity index (χ2v) is 7.87. The van der Waals surface area contributed by atoms with Gasteiger partial charge in [0.05, 0.1) is 10.9 Å². The molecule has 0 bridgehead atoms. The van der Waals surface area contributed by atoms with E-state index in [1.54, 1.807) is 17.5 Å². The predicted octanol–water partition coefficient (Wildman–Crippen LogP) is 2.76. The summed E-state index contributed by atoms with van der Waals surface area (Å²) in [6.07, 6.45) is 10.9. The fourth-order valence-corrected chi connectivity index (χ4v) is 4.44. The number of piperidine rings is 1. The van der Waals surface area contributed by atoms with Crippen molar-refractivity contribution in [1.29, 1.82) is 0 Å². The zero-order chi connectivity index (χ0) is 16.8. The van der Waals surface area contributed by atoms with E-state index in [2.05, 4.69) is 10.3 Å². The average Bonchev–Trinajstić information content (AvgIpc) is 2.96. The number of carbonyl (C=O) groups is 2. The molecule has 0 unspecified atom stereocenters. The highest BCUT2D eigenvalue weighted by Gasteiger charge is 2.34. The van der Waals surface area contributed by atoms with E-state index >= 15 is 0 Å². The van der Waals surface area contributed by atoms with E-state index in [-0.39, 0.29) is 17.7 Å². The van der Waals surface area contributed by atoms with Gasteiger partial charge in [0.15, 0.2) is 0 Å². The molecule has 1 atom stereocenters. The predicted molar refractivity (Wildman–Crippen MR) is 94.8 cm³/mol. The summed E-state index contributed by atoms with van der Waals surface area (Å²) >= 11 is 1.62. The van der Waals surface area contributed by atoms with Gasteiger partial charge in [0.2, 0.25) is 11.8 Å². The van der Waals surface area contributed by atoms with Crippen molar-refractivity contribution in [3.05, 3.63) is 16.6 Å². The molecule has 132 valence electrons. The van der Waals surface area contributed by atoms with Gasteiger partial charge >= 0.3 is 0 Å².